The summed E-state index contributed by atoms with van der Waals surface area (Å²) >= 11 is 0. The SMILES string of the molecule is CN(C(=O)OC(C)(C)C)c1cn(C)nc1-c1ccccc1.Cn1cc(NC(=O)OC(C)(C)C)c(-c2ccccc2)n1. The largest absolute Gasteiger partial charge is 0.444 e. The zero-order valence-corrected chi connectivity index (χ0v) is 25.3. The number of rotatable bonds is 4. The van der Waals surface area contributed by atoms with Crippen molar-refractivity contribution >= 4 is 23.6 Å². The molecule has 10 heteroatoms. The summed E-state index contributed by atoms with van der Waals surface area (Å²) in [6.07, 6.45) is 2.69. The molecule has 0 saturated carbocycles. The molecule has 0 aliphatic rings. The lowest BCUT2D eigenvalue weighted by Gasteiger charge is -2.24. The van der Waals surface area contributed by atoms with Crippen LogP contribution in [0.5, 0.6) is 0 Å². The summed E-state index contributed by atoms with van der Waals surface area (Å²) in [6.45, 7) is 11.0. The highest BCUT2D eigenvalue weighted by Crippen LogP contribution is 2.29. The van der Waals surface area contributed by atoms with E-state index in [9.17, 15) is 9.59 Å². The van der Waals surface area contributed by atoms with Crippen molar-refractivity contribution in [1.82, 2.24) is 19.6 Å². The van der Waals surface area contributed by atoms with Crippen LogP contribution in [0.4, 0.5) is 21.0 Å². The third-order valence-electron chi connectivity index (χ3n) is 5.40. The van der Waals surface area contributed by atoms with Crippen molar-refractivity contribution in [3.8, 4) is 22.5 Å². The number of benzene rings is 2. The van der Waals surface area contributed by atoms with Crippen molar-refractivity contribution in [3.05, 3.63) is 73.1 Å². The van der Waals surface area contributed by atoms with Crippen LogP contribution in [0.25, 0.3) is 22.5 Å². The highest BCUT2D eigenvalue weighted by molar-refractivity contribution is 5.92. The van der Waals surface area contributed by atoms with Crippen LogP contribution in [0.2, 0.25) is 0 Å². The Labute approximate surface area is 241 Å². The molecule has 218 valence electrons. The minimum absolute atomic E-state index is 0.396. The average molecular weight is 561 g/mol. The number of aryl methyl sites for hydroxylation is 2. The van der Waals surface area contributed by atoms with Crippen LogP contribution >= 0.6 is 0 Å². The molecule has 0 saturated heterocycles. The number of carbonyl (C=O) groups is 2. The second-order valence-corrected chi connectivity index (χ2v) is 11.5. The van der Waals surface area contributed by atoms with Crippen LogP contribution in [0.1, 0.15) is 41.5 Å². The zero-order valence-electron chi connectivity index (χ0n) is 25.3. The molecule has 2 amide bonds. The van der Waals surface area contributed by atoms with Gasteiger partial charge in [-0.15, -0.1) is 0 Å². The topological polar surface area (TPSA) is 104 Å². The Hall–Kier alpha value is -4.60. The van der Waals surface area contributed by atoms with E-state index in [1.165, 1.54) is 4.90 Å². The number of nitrogens with one attached hydrogen (secondary N) is 1. The molecule has 4 aromatic rings. The molecule has 0 radical (unpaired) electrons. The second-order valence-electron chi connectivity index (χ2n) is 11.5. The summed E-state index contributed by atoms with van der Waals surface area (Å²) in [6, 6.07) is 19.5. The van der Waals surface area contributed by atoms with Gasteiger partial charge in [-0.2, -0.15) is 10.2 Å². The van der Waals surface area contributed by atoms with Gasteiger partial charge in [0, 0.05) is 44.7 Å². The molecule has 1 N–H and O–H groups in total. The molecule has 41 heavy (non-hydrogen) atoms. The fourth-order valence-electron chi connectivity index (χ4n) is 3.75. The lowest BCUT2D eigenvalue weighted by atomic mass is 10.1. The molecule has 4 rings (SSSR count). The van der Waals surface area contributed by atoms with Crippen LogP contribution in [0.15, 0.2) is 73.1 Å². The Balaban J connectivity index is 0.000000226. The van der Waals surface area contributed by atoms with Gasteiger partial charge in [0.2, 0.25) is 0 Å². The van der Waals surface area contributed by atoms with Gasteiger partial charge in [0.1, 0.15) is 22.6 Å². The zero-order chi connectivity index (χ0) is 30.4. The van der Waals surface area contributed by atoms with Gasteiger partial charge in [0.15, 0.2) is 0 Å². The fraction of sp³-hybridized carbons (Fsp3) is 0.355. The van der Waals surface area contributed by atoms with Crippen molar-refractivity contribution in [2.24, 2.45) is 14.1 Å². The van der Waals surface area contributed by atoms with E-state index < -0.39 is 23.4 Å². The van der Waals surface area contributed by atoms with Gasteiger partial charge in [0.25, 0.3) is 0 Å². The molecule has 2 aromatic carbocycles. The third kappa shape index (κ3) is 9.23. The Morgan fingerprint density at radius 1 is 0.732 bits per heavy atom. The Morgan fingerprint density at radius 3 is 1.71 bits per heavy atom. The van der Waals surface area contributed by atoms with Gasteiger partial charge >= 0.3 is 12.2 Å². The first-order valence-corrected chi connectivity index (χ1v) is 13.3. The van der Waals surface area contributed by atoms with E-state index in [2.05, 4.69) is 15.5 Å². The summed E-state index contributed by atoms with van der Waals surface area (Å²) in [5.41, 5.74) is 3.68. The third-order valence-corrected chi connectivity index (χ3v) is 5.40. The molecule has 2 heterocycles. The van der Waals surface area contributed by atoms with E-state index in [0.29, 0.717) is 5.69 Å². The van der Waals surface area contributed by atoms with Crippen molar-refractivity contribution in [2.45, 2.75) is 52.7 Å². The maximum Gasteiger partial charge on any atom is 0.414 e. The molecule has 0 aliphatic heterocycles. The van der Waals surface area contributed by atoms with Crippen LogP contribution < -0.4 is 10.2 Å². The van der Waals surface area contributed by atoms with E-state index in [1.807, 2.05) is 122 Å². The van der Waals surface area contributed by atoms with Gasteiger partial charge in [-0.3, -0.25) is 19.6 Å². The monoisotopic (exact) mass is 560 g/mol. The number of hydrogen-bond acceptors (Lipinski definition) is 6. The van der Waals surface area contributed by atoms with Crippen LogP contribution in [0.3, 0.4) is 0 Å². The molecule has 2 aromatic heterocycles. The summed E-state index contributed by atoms with van der Waals surface area (Å²) in [5.74, 6) is 0. The number of aromatic nitrogens is 4. The first-order chi connectivity index (χ1) is 19.1. The fourth-order valence-corrected chi connectivity index (χ4v) is 3.75. The molecular weight excluding hydrogens is 520 g/mol. The summed E-state index contributed by atoms with van der Waals surface area (Å²) < 4.78 is 14.0. The summed E-state index contributed by atoms with van der Waals surface area (Å²) in [7, 11) is 5.34. The van der Waals surface area contributed by atoms with Gasteiger partial charge in [-0.25, -0.2) is 9.59 Å². The first kappa shape index (κ1) is 30.9. The smallest absolute Gasteiger partial charge is 0.414 e. The predicted molar refractivity (Wildman–Crippen MR) is 162 cm³/mol. The molecule has 0 unspecified atom stereocenters. The van der Waals surface area contributed by atoms with E-state index in [4.69, 9.17) is 9.47 Å². The van der Waals surface area contributed by atoms with E-state index >= 15 is 0 Å². The minimum atomic E-state index is -0.529. The van der Waals surface area contributed by atoms with Gasteiger partial charge in [-0.05, 0) is 41.5 Å². The average Bonchev–Trinajstić information content (AvgIpc) is 3.44. The number of nitrogens with zero attached hydrogens (tertiary/aromatic N) is 5. The van der Waals surface area contributed by atoms with E-state index in [0.717, 1.165) is 28.2 Å². The number of carbonyl (C=O) groups excluding carboxylic acids is 2. The van der Waals surface area contributed by atoms with Crippen LogP contribution in [0, 0.1) is 0 Å². The van der Waals surface area contributed by atoms with E-state index in [-0.39, 0.29) is 0 Å². The molecule has 0 aliphatic carbocycles. The Morgan fingerprint density at radius 2 is 1.20 bits per heavy atom. The highest BCUT2D eigenvalue weighted by atomic mass is 16.6. The predicted octanol–water partition coefficient (Wildman–Crippen LogP) is 6.89. The molecule has 0 bridgehead atoms. The van der Waals surface area contributed by atoms with E-state index in [1.54, 1.807) is 22.6 Å². The molecular formula is C31H40N6O4. The van der Waals surface area contributed by atoms with Crippen LogP contribution in [-0.4, -0.2) is 50.0 Å². The standard InChI is InChI=1S/C16H21N3O2.C15H19N3O2/c1-16(2,3)21-15(20)19(5)13-11-18(4)17-14(13)12-9-7-6-8-10-12;1-15(2,3)20-14(19)16-12-10-18(4)17-13(12)11-8-6-5-7-9-11/h6-11H,1-5H3;5-10H,1-4H3,(H,16,19). The van der Waals surface area contributed by atoms with Crippen molar-refractivity contribution in [1.29, 1.82) is 0 Å². The number of hydrogen-bond donors (Lipinski definition) is 1. The first-order valence-electron chi connectivity index (χ1n) is 13.3. The maximum atomic E-state index is 12.2. The van der Waals surface area contributed by atoms with Crippen molar-refractivity contribution < 1.29 is 19.1 Å². The Kier molecular flexibility index (Phi) is 9.59. The highest BCUT2D eigenvalue weighted by Gasteiger charge is 2.24. The summed E-state index contributed by atoms with van der Waals surface area (Å²) in [4.78, 5) is 25.6. The minimum Gasteiger partial charge on any atom is -0.444 e. The number of amides is 2. The summed E-state index contributed by atoms with van der Waals surface area (Å²) in [5, 5.41) is 11.6. The molecule has 10 nitrogen and oxygen atoms in total. The second kappa shape index (κ2) is 12.7. The molecule has 0 fully saturated rings. The van der Waals surface area contributed by atoms with Crippen molar-refractivity contribution in [3.63, 3.8) is 0 Å². The molecule has 0 atom stereocenters. The Bertz CT molecular complexity index is 1450. The normalized spacial score (nSPS) is 11.2. The maximum absolute atomic E-state index is 12.2. The van der Waals surface area contributed by atoms with Crippen molar-refractivity contribution in [2.75, 3.05) is 17.3 Å². The van der Waals surface area contributed by atoms with Gasteiger partial charge < -0.3 is 9.47 Å². The van der Waals surface area contributed by atoms with Gasteiger partial charge in [-0.1, -0.05) is 60.7 Å². The molecule has 0 spiro atoms. The van der Waals surface area contributed by atoms with Crippen LogP contribution in [-0.2, 0) is 23.6 Å². The lowest BCUT2D eigenvalue weighted by molar-refractivity contribution is 0.0587. The quantitative estimate of drug-likeness (QED) is 0.291. The van der Waals surface area contributed by atoms with Gasteiger partial charge in [0.05, 0.1) is 11.4 Å². The number of anilines is 2. The number of ether oxygens (including phenoxy) is 2. The lowest BCUT2D eigenvalue weighted by Crippen LogP contribution is -2.34.